The van der Waals surface area contributed by atoms with Crippen LogP contribution in [0, 0.1) is 11.8 Å². The Morgan fingerprint density at radius 2 is 1.81 bits per heavy atom. The van der Waals surface area contributed by atoms with Crippen molar-refractivity contribution in [2.45, 2.75) is 57.8 Å². The Morgan fingerprint density at radius 1 is 1.11 bits per heavy atom. The fraction of sp³-hybridized carbons (Fsp3) is 0.739. The molecular weight excluding hydrogens is 336 g/mol. The maximum atomic E-state index is 6.66. The average molecular weight is 373 g/mol. The van der Waals surface area contributed by atoms with E-state index in [2.05, 4.69) is 47.9 Å². The Morgan fingerprint density at radius 3 is 2.41 bits per heavy atom. The van der Waals surface area contributed by atoms with Crippen LogP contribution in [0.4, 0.5) is 0 Å². The smallest absolute Gasteiger partial charge is 0.118 e. The van der Waals surface area contributed by atoms with E-state index in [4.69, 9.17) is 9.47 Å². The SMILES string of the molecule is COc1ccc(CN2CC(C3CCN(CC(C)C)CC3)OC3(CC3)C2)cc1. The molecule has 2 heterocycles. The minimum atomic E-state index is 0.171. The summed E-state index contributed by atoms with van der Waals surface area (Å²) in [5, 5.41) is 0. The molecule has 1 aromatic carbocycles. The molecule has 0 N–H and O–H groups in total. The minimum absolute atomic E-state index is 0.171. The van der Waals surface area contributed by atoms with E-state index in [1.807, 2.05) is 0 Å². The van der Waals surface area contributed by atoms with E-state index in [0.717, 1.165) is 37.2 Å². The van der Waals surface area contributed by atoms with Crippen molar-refractivity contribution in [3.63, 3.8) is 0 Å². The average Bonchev–Trinajstić information content (AvgIpc) is 3.40. The zero-order valence-corrected chi connectivity index (χ0v) is 17.3. The van der Waals surface area contributed by atoms with Crippen molar-refractivity contribution in [3.05, 3.63) is 29.8 Å². The van der Waals surface area contributed by atoms with Gasteiger partial charge in [-0.3, -0.25) is 4.90 Å². The Labute approximate surface area is 164 Å². The van der Waals surface area contributed by atoms with Gasteiger partial charge in [-0.2, -0.15) is 0 Å². The standard InChI is InChI=1S/C23H36N2O2/c1-18(2)14-24-12-8-20(9-13-24)22-16-25(17-23(27-22)10-11-23)15-19-4-6-21(26-3)7-5-19/h4-7,18,20,22H,8-17H2,1-3H3. The molecule has 0 radical (unpaired) electrons. The van der Waals surface area contributed by atoms with E-state index in [1.165, 1.54) is 50.9 Å². The van der Waals surface area contributed by atoms with Crippen LogP contribution in [0.2, 0.25) is 0 Å². The topological polar surface area (TPSA) is 24.9 Å². The molecule has 1 aliphatic carbocycles. The minimum Gasteiger partial charge on any atom is -0.497 e. The third-order valence-electron chi connectivity index (χ3n) is 6.51. The highest BCUT2D eigenvalue weighted by Crippen LogP contribution is 2.46. The summed E-state index contributed by atoms with van der Waals surface area (Å²) in [7, 11) is 1.73. The van der Waals surface area contributed by atoms with Gasteiger partial charge in [-0.05, 0) is 68.3 Å². The Kier molecular flexibility index (Phi) is 5.77. The summed E-state index contributed by atoms with van der Waals surface area (Å²) < 4.78 is 12.0. The Hall–Kier alpha value is -1.10. The van der Waals surface area contributed by atoms with Gasteiger partial charge >= 0.3 is 0 Å². The molecule has 0 aromatic heterocycles. The molecule has 1 aromatic rings. The third kappa shape index (κ3) is 4.85. The first-order valence-electron chi connectivity index (χ1n) is 10.8. The predicted molar refractivity (Wildman–Crippen MR) is 109 cm³/mol. The number of rotatable bonds is 6. The summed E-state index contributed by atoms with van der Waals surface area (Å²) in [6, 6.07) is 8.55. The highest BCUT2D eigenvalue weighted by Gasteiger charge is 2.51. The van der Waals surface area contributed by atoms with Crippen LogP contribution < -0.4 is 4.74 Å². The fourth-order valence-electron chi connectivity index (χ4n) is 4.92. The molecule has 1 spiro atoms. The molecule has 150 valence electrons. The molecule has 0 bridgehead atoms. The number of nitrogens with zero attached hydrogens (tertiary/aromatic N) is 2. The Bertz CT molecular complexity index is 603. The molecule has 3 fully saturated rings. The molecule has 4 nitrogen and oxygen atoms in total. The largest absolute Gasteiger partial charge is 0.497 e. The molecule has 0 amide bonds. The maximum absolute atomic E-state index is 6.66. The molecule has 2 saturated heterocycles. The van der Waals surface area contributed by atoms with E-state index >= 15 is 0 Å². The van der Waals surface area contributed by atoms with Crippen LogP contribution in [0.3, 0.4) is 0 Å². The summed E-state index contributed by atoms with van der Waals surface area (Å²) in [5.74, 6) is 2.43. The molecule has 3 aliphatic rings. The molecule has 1 unspecified atom stereocenters. The van der Waals surface area contributed by atoms with Gasteiger partial charge < -0.3 is 14.4 Å². The van der Waals surface area contributed by atoms with Crippen LogP contribution in [0.25, 0.3) is 0 Å². The highest BCUT2D eigenvalue weighted by atomic mass is 16.5. The number of benzene rings is 1. The van der Waals surface area contributed by atoms with Crippen molar-refractivity contribution < 1.29 is 9.47 Å². The lowest BCUT2D eigenvalue weighted by molar-refractivity contribution is -0.132. The van der Waals surface area contributed by atoms with E-state index in [-0.39, 0.29) is 5.60 Å². The van der Waals surface area contributed by atoms with Crippen LogP contribution in [0.15, 0.2) is 24.3 Å². The number of methoxy groups -OCH3 is 1. The van der Waals surface area contributed by atoms with Gasteiger partial charge in [-0.15, -0.1) is 0 Å². The number of hydrogen-bond donors (Lipinski definition) is 0. The lowest BCUT2D eigenvalue weighted by atomic mass is 9.89. The maximum Gasteiger partial charge on any atom is 0.118 e. The molecule has 1 atom stereocenters. The second-order valence-electron chi connectivity index (χ2n) is 9.39. The van der Waals surface area contributed by atoms with Crippen LogP contribution in [0.5, 0.6) is 5.75 Å². The highest BCUT2D eigenvalue weighted by molar-refractivity contribution is 5.27. The summed E-state index contributed by atoms with van der Waals surface area (Å²) >= 11 is 0. The zero-order valence-electron chi connectivity index (χ0n) is 17.3. The van der Waals surface area contributed by atoms with E-state index < -0.39 is 0 Å². The van der Waals surface area contributed by atoms with Gasteiger partial charge in [0.2, 0.25) is 0 Å². The van der Waals surface area contributed by atoms with Crippen LogP contribution in [0.1, 0.15) is 45.1 Å². The van der Waals surface area contributed by atoms with E-state index in [1.54, 1.807) is 7.11 Å². The van der Waals surface area contributed by atoms with Gasteiger partial charge in [0.1, 0.15) is 5.75 Å². The van der Waals surface area contributed by atoms with E-state index in [0.29, 0.717) is 6.10 Å². The number of hydrogen-bond acceptors (Lipinski definition) is 4. The zero-order chi connectivity index (χ0) is 18.9. The van der Waals surface area contributed by atoms with Gasteiger partial charge in [-0.1, -0.05) is 26.0 Å². The summed E-state index contributed by atoms with van der Waals surface area (Å²) in [6.45, 7) is 11.6. The summed E-state index contributed by atoms with van der Waals surface area (Å²) in [4.78, 5) is 5.29. The number of piperidine rings is 1. The molecular formula is C23H36N2O2. The van der Waals surface area contributed by atoms with Crippen molar-refractivity contribution in [1.29, 1.82) is 0 Å². The first-order valence-corrected chi connectivity index (χ1v) is 10.8. The molecule has 2 aliphatic heterocycles. The Balaban J connectivity index is 1.35. The second-order valence-corrected chi connectivity index (χ2v) is 9.39. The van der Waals surface area contributed by atoms with Gasteiger partial charge in [0.15, 0.2) is 0 Å². The van der Waals surface area contributed by atoms with Crippen molar-refractivity contribution in [2.75, 3.05) is 39.8 Å². The number of morpholine rings is 1. The van der Waals surface area contributed by atoms with Crippen LogP contribution in [-0.2, 0) is 11.3 Å². The van der Waals surface area contributed by atoms with E-state index in [9.17, 15) is 0 Å². The van der Waals surface area contributed by atoms with Crippen molar-refractivity contribution in [2.24, 2.45) is 11.8 Å². The lowest BCUT2D eigenvalue weighted by Gasteiger charge is -2.44. The van der Waals surface area contributed by atoms with Gasteiger partial charge in [0.05, 0.1) is 18.8 Å². The van der Waals surface area contributed by atoms with Crippen molar-refractivity contribution >= 4 is 0 Å². The first kappa shape index (κ1) is 19.2. The number of likely N-dealkylation sites (tertiary alicyclic amines) is 1. The number of ether oxygens (including phenoxy) is 2. The summed E-state index contributed by atoms with van der Waals surface area (Å²) in [5.41, 5.74) is 1.55. The third-order valence-corrected chi connectivity index (χ3v) is 6.51. The first-order chi connectivity index (χ1) is 13.0. The van der Waals surface area contributed by atoms with Crippen LogP contribution in [-0.4, -0.2) is 61.3 Å². The van der Waals surface area contributed by atoms with Gasteiger partial charge in [0.25, 0.3) is 0 Å². The molecule has 4 heteroatoms. The van der Waals surface area contributed by atoms with Crippen molar-refractivity contribution in [3.8, 4) is 5.75 Å². The van der Waals surface area contributed by atoms with Gasteiger partial charge in [0, 0.05) is 26.2 Å². The van der Waals surface area contributed by atoms with Crippen LogP contribution >= 0.6 is 0 Å². The molecule has 4 rings (SSSR count). The fourth-order valence-corrected chi connectivity index (χ4v) is 4.92. The molecule has 27 heavy (non-hydrogen) atoms. The summed E-state index contributed by atoms with van der Waals surface area (Å²) in [6.07, 6.45) is 5.50. The van der Waals surface area contributed by atoms with Gasteiger partial charge in [-0.25, -0.2) is 0 Å². The monoisotopic (exact) mass is 372 g/mol. The quantitative estimate of drug-likeness (QED) is 0.758. The van der Waals surface area contributed by atoms with Crippen molar-refractivity contribution in [1.82, 2.24) is 9.80 Å². The molecule has 1 saturated carbocycles. The second kappa shape index (κ2) is 8.10. The lowest BCUT2D eigenvalue weighted by Crippen LogP contribution is -2.52. The normalized spacial score (nSPS) is 26.6. The predicted octanol–water partition coefficient (Wildman–Crippen LogP) is 3.80.